The molecule has 1 amide bonds. The van der Waals surface area contributed by atoms with Gasteiger partial charge in [0.05, 0.1) is 4.90 Å². The monoisotopic (exact) mass is 345 g/mol. The molecular formula is C17H17N2O4S-. The van der Waals surface area contributed by atoms with Crippen LogP contribution < -0.4 is 10.4 Å². The molecule has 0 aromatic heterocycles. The van der Waals surface area contributed by atoms with Gasteiger partial charge in [0.1, 0.15) is 0 Å². The van der Waals surface area contributed by atoms with Crippen LogP contribution in [0.2, 0.25) is 0 Å². The first-order chi connectivity index (χ1) is 11.3. The van der Waals surface area contributed by atoms with Gasteiger partial charge in [-0.05, 0) is 48.2 Å². The van der Waals surface area contributed by atoms with Crippen molar-refractivity contribution in [3.8, 4) is 0 Å². The van der Waals surface area contributed by atoms with Crippen LogP contribution in [0.4, 0.5) is 5.69 Å². The number of anilines is 1. The van der Waals surface area contributed by atoms with Crippen molar-refractivity contribution in [3.05, 3.63) is 60.2 Å². The molecule has 2 aromatic rings. The summed E-state index contributed by atoms with van der Waals surface area (Å²) in [5.41, 5.74) is 0.935. The summed E-state index contributed by atoms with van der Waals surface area (Å²) in [7, 11) is -4.04. The van der Waals surface area contributed by atoms with Crippen molar-refractivity contribution in [1.82, 2.24) is 0 Å². The summed E-state index contributed by atoms with van der Waals surface area (Å²) < 4.78 is 27.3. The van der Waals surface area contributed by atoms with E-state index in [9.17, 15) is 18.3 Å². The fraction of sp³-hybridized carbons (Fsp3) is 0.176. The van der Waals surface area contributed by atoms with Gasteiger partial charge in [-0.2, -0.15) is 12.8 Å². The Bertz CT molecular complexity index is 842. The van der Waals surface area contributed by atoms with Crippen LogP contribution in [0.1, 0.15) is 24.2 Å². The molecule has 0 atom stereocenters. The maximum Gasteiger partial charge on any atom is 0.281 e. The van der Waals surface area contributed by atoms with E-state index in [0.717, 1.165) is 0 Å². The number of carbonyl (C=O) groups excluding carboxylic acids is 1. The van der Waals surface area contributed by atoms with Crippen LogP contribution in [0.15, 0.2) is 63.9 Å². The maximum atomic E-state index is 12.0. The molecule has 126 valence electrons. The summed E-state index contributed by atoms with van der Waals surface area (Å²) in [4.78, 5) is 11.9. The molecule has 0 aliphatic heterocycles. The van der Waals surface area contributed by atoms with E-state index in [1.54, 1.807) is 44.2 Å². The third-order valence-corrected chi connectivity index (χ3v) is 4.44. The minimum Gasteiger partial charge on any atom is -0.861 e. The molecular weight excluding hydrogens is 328 g/mol. The van der Waals surface area contributed by atoms with Gasteiger partial charge in [-0.25, -0.2) is 0 Å². The number of hydrogen-bond donors (Lipinski definition) is 1. The molecule has 0 bridgehead atoms. The topological polar surface area (TPSA) is 98.7 Å². The lowest BCUT2D eigenvalue weighted by molar-refractivity contribution is -0.222. The van der Waals surface area contributed by atoms with Crippen LogP contribution in [0.25, 0.3) is 0 Å². The van der Waals surface area contributed by atoms with E-state index in [0.29, 0.717) is 11.3 Å². The smallest absolute Gasteiger partial charge is 0.281 e. The molecule has 1 N–H and O–H groups in total. The van der Waals surface area contributed by atoms with Crippen molar-refractivity contribution in [2.24, 2.45) is 10.3 Å². The van der Waals surface area contributed by atoms with E-state index < -0.39 is 21.8 Å². The molecule has 0 fully saturated rings. The van der Waals surface area contributed by atoms with E-state index >= 15 is 0 Å². The third kappa shape index (κ3) is 4.42. The van der Waals surface area contributed by atoms with E-state index in [-0.39, 0.29) is 10.8 Å². The average Bonchev–Trinajstić information content (AvgIpc) is 2.55. The highest BCUT2D eigenvalue weighted by molar-refractivity contribution is 7.90. The Kier molecular flexibility index (Phi) is 5.35. The number of benzene rings is 2. The summed E-state index contributed by atoms with van der Waals surface area (Å²) >= 11 is 0. The normalized spacial score (nSPS) is 12.2. The van der Waals surface area contributed by atoms with Crippen molar-refractivity contribution in [2.75, 3.05) is 5.32 Å². The van der Waals surface area contributed by atoms with Gasteiger partial charge in [-0.3, -0.25) is 4.79 Å². The average molecular weight is 345 g/mol. The van der Waals surface area contributed by atoms with Crippen LogP contribution in [0, 0.1) is 5.92 Å². The van der Waals surface area contributed by atoms with Crippen molar-refractivity contribution in [1.29, 1.82) is 0 Å². The first kappa shape index (κ1) is 17.7. The van der Waals surface area contributed by atoms with Gasteiger partial charge in [0, 0.05) is 11.3 Å². The number of hydrogen-bond acceptors (Lipinski definition) is 4. The first-order valence-corrected chi connectivity index (χ1v) is 8.72. The minimum atomic E-state index is -4.04. The van der Waals surface area contributed by atoms with Gasteiger partial charge in [0.25, 0.3) is 15.9 Å². The molecule has 0 aliphatic rings. The summed E-state index contributed by atoms with van der Waals surface area (Å²) in [6.45, 7) is 3.15. The molecule has 6 nitrogen and oxygen atoms in total. The number of rotatable bonds is 5. The molecule has 24 heavy (non-hydrogen) atoms. The van der Waals surface area contributed by atoms with Gasteiger partial charge in [-0.1, -0.05) is 32.0 Å². The lowest BCUT2D eigenvalue weighted by Crippen LogP contribution is -2.25. The Morgan fingerprint density at radius 3 is 2.17 bits per heavy atom. The molecule has 2 rings (SSSR count). The van der Waals surface area contributed by atoms with Crippen molar-refractivity contribution in [2.45, 2.75) is 18.7 Å². The fourth-order valence-corrected chi connectivity index (χ4v) is 2.81. The molecule has 0 aliphatic carbocycles. The maximum absolute atomic E-state index is 12.0. The van der Waals surface area contributed by atoms with Crippen LogP contribution in [-0.4, -0.2) is 20.2 Å². The zero-order chi connectivity index (χ0) is 17.7. The summed E-state index contributed by atoms with van der Waals surface area (Å²) in [5.74, 6) is -1.49. The molecule has 2 aromatic carbocycles. The summed E-state index contributed by atoms with van der Waals surface area (Å²) in [6.07, 6.45) is 0. The second-order valence-corrected chi connectivity index (χ2v) is 7.01. The van der Waals surface area contributed by atoms with Gasteiger partial charge in [-0.15, -0.1) is 0 Å². The van der Waals surface area contributed by atoms with Crippen LogP contribution in [0.3, 0.4) is 0 Å². The van der Waals surface area contributed by atoms with Gasteiger partial charge >= 0.3 is 0 Å². The van der Waals surface area contributed by atoms with E-state index in [1.165, 1.54) is 24.3 Å². The lowest BCUT2D eigenvalue weighted by atomic mass is 10.2. The van der Waals surface area contributed by atoms with Crippen molar-refractivity contribution in [3.63, 3.8) is 0 Å². The number of carbonyl (C=O) groups is 1. The highest BCUT2D eigenvalue weighted by Crippen LogP contribution is 2.17. The number of nitrogens with one attached hydrogen (secondary N) is 1. The first-order valence-electron chi connectivity index (χ1n) is 7.28. The Morgan fingerprint density at radius 2 is 1.62 bits per heavy atom. The van der Waals surface area contributed by atoms with Gasteiger partial charge in [0.15, 0.2) is 0 Å². The molecule has 0 radical (unpaired) electrons. The highest BCUT2D eigenvalue weighted by Gasteiger charge is 2.13. The summed E-state index contributed by atoms with van der Waals surface area (Å²) in [5, 5.41) is 14.2. The van der Waals surface area contributed by atoms with Crippen LogP contribution >= 0.6 is 0 Å². The Hall–Kier alpha value is -2.67. The quantitative estimate of drug-likeness (QED) is 0.662. The molecule has 0 heterocycles. The molecule has 0 unspecified atom stereocenters. The second kappa shape index (κ2) is 7.27. The Labute approximate surface area is 140 Å². The number of nitrogens with zero attached hydrogens (tertiary/aromatic N) is 1. The summed E-state index contributed by atoms with van der Waals surface area (Å²) in [6, 6.07) is 14.1. The fourth-order valence-electron chi connectivity index (χ4n) is 1.78. The van der Waals surface area contributed by atoms with E-state index in [1.807, 2.05) is 0 Å². The Morgan fingerprint density at radius 1 is 1.04 bits per heavy atom. The van der Waals surface area contributed by atoms with E-state index in [4.69, 9.17) is 0 Å². The molecule has 7 heteroatoms. The van der Waals surface area contributed by atoms with Gasteiger partial charge in [0.2, 0.25) is 0 Å². The minimum absolute atomic E-state index is 0.103. The lowest BCUT2D eigenvalue weighted by Gasteiger charge is -2.13. The zero-order valence-corrected chi connectivity index (χ0v) is 14.1. The Balaban J connectivity index is 2.16. The molecule has 0 saturated heterocycles. The van der Waals surface area contributed by atoms with Crippen LogP contribution in [-0.2, 0) is 10.0 Å². The zero-order valence-electron chi connectivity index (χ0n) is 13.3. The highest BCUT2D eigenvalue weighted by atomic mass is 32.2. The predicted octanol–water partition coefficient (Wildman–Crippen LogP) is 2.04. The predicted molar refractivity (Wildman–Crippen MR) is 90.3 cm³/mol. The number of amides is 1. The van der Waals surface area contributed by atoms with Crippen LogP contribution in [0.5, 0.6) is 0 Å². The van der Waals surface area contributed by atoms with Gasteiger partial charge < -0.3 is 10.4 Å². The number of sulfonamides is 1. The van der Waals surface area contributed by atoms with Crippen molar-refractivity contribution >= 4 is 27.5 Å². The van der Waals surface area contributed by atoms with E-state index in [2.05, 4.69) is 9.71 Å². The standard InChI is InChI=1S/C17H18N2O4S/c1-12(2)16(20)19-24(22,23)15-10-8-14(9-11-15)18-17(21)13-6-4-3-5-7-13/h3-12H,1-2H3,(H,18,21)(H,19,20)/p-1. The molecule has 0 spiro atoms. The SMILES string of the molecule is CC(C)C([O-])=NS(=O)(=O)c1ccc(NC(=O)c2ccccc2)cc1. The van der Waals surface area contributed by atoms with Crippen molar-refractivity contribution < 1.29 is 18.3 Å². The second-order valence-electron chi connectivity index (χ2n) is 5.40. The third-order valence-electron chi connectivity index (χ3n) is 3.15. The largest absolute Gasteiger partial charge is 0.861 e. The molecule has 0 saturated carbocycles.